The van der Waals surface area contributed by atoms with Gasteiger partial charge in [0.15, 0.2) is 5.96 Å². The third-order valence-corrected chi connectivity index (χ3v) is 7.51. The zero-order valence-corrected chi connectivity index (χ0v) is 20.3. The van der Waals surface area contributed by atoms with E-state index in [9.17, 15) is 21.6 Å². The minimum absolute atomic E-state index is 0. The number of nitrogens with one attached hydrogen (secondary N) is 2. The van der Waals surface area contributed by atoms with E-state index in [0.29, 0.717) is 29.7 Å². The fourth-order valence-electron chi connectivity index (χ4n) is 4.18. The molecule has 0 amide bonds. The molecule has 2 N–H and O–H groups in total. The van der Waals surface area contributed by atoms with Crippen molar-refractivity contribution in [2.24, 2.45) is 22.7 Å². The highest BCUT2D eigenvalue weighted by Gasteiger charge is 2.50. The number of guanidine groups is 1. The molecule has 1 saturated carbocycles. The summed E-state index contributed by atoms with van der Waals surface area (Å²) in [5, 5.41) is 6.53. The first-order chi connectivity index (χ1) is 13.1. The third kappa shape index (κ3) is 8.04. The van der Waals surface area contributed by atoms with Gasteiger partial charge in [-0.15, -0.1) is 24.0 Å². The quantitative estimate of drug-likeness (QED) is 0.300. The molecule has 1 saturated heterocycles. The molecule has 29 heavy (non-hydrogen) atoms. The van der Waals surface area contributed by atoms with Crippen molar-refractivity contribution < 1.29 is 21.6 Å². The normalized spacial score (nSPS) is 25.3. The molecule has 0 aromatic heterocycles. The number of aliphatic imine (C=N–C) groups is 1. The van der Waals surface area contributed by atoms with Gasteiger partial charge in [-0.3, -0.25) is 4.99 Å². The van der Waals surface area contributed by atoms with E-state index in [4.69, 9.17) is 0 Å². The summed E-state index contributed by atoms with van der Waals surface area (Å²) in [6, 6.07) is 0. The molecule has 0 spiro atoms. The number of alkyl halides is 3. The molecule has 0 aromatic carbocycles. The van der Waals surface area contributed by atoms with Crippen molar-refractivity contribution in [3.05, 3.63) is 0 Å². The van der Waals surface area contributed by atoms with Gasteiger partial charge in [0.25, 0.3) is 0 Å². The second kappa shape index (κ2) is 11.9. The first-order valence-electron chi connectivity index (χ1n) is 10.1. The van der Waals surface area contributed by atoms with Crippen molar-refractivity contribution in [2.75, 3.05) is 33.2 Å². The standard InChI is InChI=1S/C18H33F3N4O2S.HI/c1-14-4-3-5-15(12-14)6-9-23-17(22-2)24-13-16-7-10-25(11-8-16)28(26,27)18(19,20)21;/h14-16H,3-13H2,1-2H3,(H2,22,23,24);1H. The Balaban J connectivity index is 0.00000420. The SMILES string of the molecule is CN=C(NCCC1CCCC(C)C1)NCC1CCN(S(=O)(=O)C(F)(F)F)CC1.I. The molecular formula is C18H34F3IN4O2S. The highest BCUT2D eigenvalue weighted by atomic mass is 127. The first-order valence-corrected chi connectivity index (χ1v) is 11.6. The van der Waals surface area contributed by atoms with Gasteiger partial charge < -0.3 is 10.6 Å². The maximum Gasteiger partial charge on any atom is 0.511 e. The fraction of sp³-hybridized carbons (Fsp3) is 0.944. The molecule has 2 fully saturated rings. The second-order valence-electron chi connectivity index (χ2n) is 8.10. The molecule has 0 aromatic rings. The number of nitrogens with zero attached hydrogens (tertiary/aromatic N) is 2. The van der Waals surface area contributed by atoms with Gasteiger partial charge in [-0.1, -0.05) is 26.2 Å². The van der Waals surface area contributed by atoms with E-state index in [1.807, 2.05) is 0 Å². The number of halogens is 4. The molecule has 0 bridgehead atoms. The van der Waals surface area contributed by atoms with Crippen molar-refractivity contribution in [1.82, 2.24) is 14.9 Å². The Morgan fingerprint density at radius 3 is 2.31 bits per heavy atom. The van der Waals surface area contributed by atoms with E-state index in [1.54, 1.807) is 7.05 Å². The summed E-state index contributed by atoms with van der Waals surface area (Å²) in [4.78, 5) is 4.20. The van der Waals surface area contributed by atoms with E-state index in [2.05, 4.69) is 22.5 Å². The van der Waals surface area contributed by atoms with E-state index in [1.165, 1.54) is 25.7 Å². The van der Waals surface area contributed by atoms with Crippen LogP contribution in [0, 0.1) is 17.8 Å². The van der Waals surface area contributed by atoms with E-state index >= 15 is 0 Å². The van der Waals surface area contributed by atoms with Gasteiger partial charge in [-0.05, 0) is 43.4 Å². The van der Waals surface area contributed by atoms with Crippen LogP contribution in [-0.4, -0.2) is 57.4 Å². The summed E-state index contributed by atoms with van der Waals surface area (Å²) in [6.07, 6.45) is 7.12. The van der Waals surface area contributed by atoms with Crippen LogP contribution in [0.4, 0.5) is 13.2 Å². The first kappa shape index (κ1) is 26.7. The second-order valence-corrected chi connectivity index (χ2v) is 10.0. The molecular weight excluding hydrogens is 520 g/mol. The van der Waals surface area contributed by atoms with Gasteiger partial charge in [-0.2, -0.15) is 17.5 Å². The Morgan fingerprint density at radius 2 is 1.76 bits per heavy atom. The summed E-state index contributed by atoms with van der Waals surface area (Å²) < 4.78 is 61.3. The van der Waals surface area contributed by atoms with Gasteiger partial charge in [0, 0.05) is 33.2 Å². The van der Waals surface area contributed by atoms with Crippen LogP contribution in [0.2, 0.25) is 0 Å². The Kier molecular flexibility index (Phi) is 11.0. The monoisotopic (exact) mass is 554 g/mol. The van der Waals surface area contributed by atoms with Crippen LogP contribution in [0.3, 0.4) is 0 Å². The number of rotatable bonds is 6. The van der Waals surface area contributed by atoms with Gasteiger partial charge in [0.1, 0.15) is 0 Å². The molecule has 172 valence electrons. The molecule has 2 unspecified atom stereocenters. The molecule has 2 rings (SSSR count). The number of hydrogen-bond donors (Lipinski definition) is 2. The molecule has 0 radical (unpaired) electrons. The molecule has 1 aliphatic heterocycles. The average Bonchev–Trinajstić information content (AvgIpc) is 2.64. The largest absolute Gasteiger partial charge is 0.511 e. The maximum absolute atomic E-state index is 12.6. The molecule has 2 aliphatic rings. The van der Waals surface area contributed by atoms with Crippen LogP contribution in [0.15, 0.2) is 4.99 Å². The summed E-state index contributed by atoms with van der Waals surface area (Å²) in [6.45, 7) is 3.53. The lowest BCUT2D eigenvalue weighted by atomic mass is 9.81. The van der Waals surface area contributed by atoms with Gasteiger partial charge in [0.05, 0.1) is 0 Å². The van der Waals surface area contributed by atoms with E-state index in [0.717, 1.165) is 24.8 Å². The van der Waals surface area contributed by atoms with Crippen LogP contribution in [0.1, 0.15) is 51.9 Å². The van der Waals surface area contributed by atoms with Crippen LogP contribution in [0.5, 0.6) is 0 Å². The van der Waals surface area contributed by atoms with Gasteiger partial charge >= 0.3 is 15.5 Å². The predicted octanol–water partition coefficient (Wildman–Crippen LogP) is 3.55. The van der Waals surface area contributed by atoms with Crippen LogP contribution in [0.25, 0.3) is 0 Å². The minimum Gasteiger partial charge on any atom is -0.356 e. The summed E-state index contributed by atoms with van der Waals surface area (Å²) >= 11 is 0. The Hall–Kier alpha value is -0.300. The van der Waals surface area contributed by atoms with Crippen molar-refractivity contribution >= 4 is 40.0 Å². The lowest BCUT2D eigenvalue weighted by Crippen LogP contribution is -2.47. The summed E-state index contributed by atoms with van der Waals surface area (Å²) in [5.41, 5.74) is -5.22. The van der Waals surface area contributed by atoms with Crippen LogP contribution in [-0.2, 0) is 10.0 Å². The highest BCUT2D eigenvalue weighted by Crippen LogP contribution is 2.31. The van der Waals surface area contributed by atoms with Gasteiger partial charge in [-0.25, -0.2) is 8.42 Å². The molecule has 6 nitrogen and oxygen atoms in total. The van der Waals surface area contributed by atoms with Crippen molar-refractivity contribution in [3.63, 3.8) is 0 Å². The maximum atomic E-state index is 12.6. The average molecular weight is 554 g/mol. The molecule has 2 atom stereocenters. The van der Waals surface area contributed by atoms with Crippen molar-refractivity contribution in [2.45, 2.75) is 57.4 Å². The zero-order valence-electron chi connectivity index (χ0n) is 17.2. The van der Waals surface area contributed by atoms with Crippen molar-refractivity contribution in [3.8, 4) is 0 Å². The van der Waals surface area contributed by atoms with Crippen molar-refractivity contribution in [1.29, 1.82) is 0 Å². The summed E-state index contributed by atoms with van der Waals surface area (Å²) in [5.74, 6) is 2.38. The highest BCUT2D eigenvalue weighted by molar-refractivity contribution is 14.0. The van der Waals surface area contributed by atoms with E-state index in [-0.39, 0.29) is 43.0 Å². The minimum atomic E-state index is -5.22. The number of hydrogen-bond acceptors (Lipinski definition) is 3. The molecule has 11 heteroatoms. The zero-order chi connectivity index (χ0) is 20.8. The predicted molar refractivity (Wildman–Crippen MR) is 120 cm³/mol. The topological polar surface area (TPSA) is 73.8 Å². The fourth-order valence-corrected chi connectivity index (χ4v) is 5.16. The lowest BCUT2D eigenvalue weighted by molar-refractivity contribution is -0.0496. The van der Waals surface area contributed by atoms with Crippen LogP contribution >= 0.6 is 24.0 Å². The number of sulfonamides is 1. The van der Waals surface area contributed by atoms with E-state index < -0.39 is 15.5 Å². The Morgan fingerprint density at radius 1 is 1.10 bits per heavy atom. The lowest BCUT2D eigenvalue weighted by Gasteiger charge is -2.31. The molecule has 1 heterocycles. The Bertz CT molecular complexity index is 623. The summed E-state index contributed by atoms with van der Waals surface area (Å²) in [7, 11) is -3.52. The molecule has 1 aliphatic carbocycles. The Labute approximate surface area is 189 Å². The smallest absolute Gasteiger partial charge is 0.356 e. The number of piperidine rings is 1. The third-order valence-electron chi connectivity index (χ3n) is 5.88. The van der Waals surface area contributed by atoms with Crippen LogP contribution < -0.4 is 10.6 Å². The van der Waals surface area contributed by atoms with Gasteiger partial charge in [0.2, 0.25) is 0 Å².